The normalized spacial score (nSPS) is 15.3. The number of halogens is 2. The molecule has 0 bridgehead atoms. The summed E-state index contributed by atoms with van der Waals surface area (Å²) in [5.74, 6) is -1.05. The van der Waals surface area contributed by atoms with Gasteiger partial charge in [-0.05, 0) is 60.5 Å². The summed E-state index contributed by atoms with van der Waals surface area (Å²) in [6.07, 6.45) is 1.69. The van der Waals surface area contributed by atoms with Crippen LogP contribution in [0, 0.1) is 0 Å². The number of carbonyl (C=O) groups excluding carboxylic acids is 2. The molecule has 0 spiro atoms. The maximum absolute atomic E-state index is 12.8. The van der Waals surface area contributed by atoms with Crippen molar-refractivity contribution < 1.29 is 24.2 Å². The van der Waals surface area contributed by atoms with E-state index in [0.717, 1.165) is 22.9 Å². The molecule has 0 unspecified atom stereocenters. The highest BCUT2D eigenvalue weighted by Gasteiger charge is 2.34. The molecule has 1 N–H and O–H groups in total. The molecule has 6 nitrogen and oxygen atoms in total. The highest BCUT2D eigenvalue weighted by Crippen LogP contribution is 2.39. The number of ether oxygens (including phenoxy) is 2. The van der Waals surface area contributed by atoms with Crippen molar-refractivity contribution in [1.82, 2.24) is 0 Å². The van der Waals surface area contributed by atoms with Crippen LogP contribution in [0.2, 0.25) is 10.0 Å². The molecule has 0 saturated carbocycles. The summed E-state index contributed by atoms with van der Waals surface area (Å²) in [4.78, 5) is 29.8. The number of rotatable bonds is 7. The summed E-state index contributed by atoms with van der Waals surface area (Å²) < 4.78 is 10.9. The van der Waals surface area contributed by atoms with E-state index in [1.54, 1.807) is 55.5 Å². The summed E-state index contributed by atoms with van der Waals surface area (Å²) in [7, 11) is 0. The number of esters is 1. The van der Waals surface area contributed by atoms with Crippen LogP contribution in [0.25, 0.3) is 6.08 Å². The lowest BCUT2D eigenvalue weighted by Gasteiger charge is -2.07. The Hall–Kier alpha value is -3.52. The van der Waals surface area contributed by atoms with Crippen molar-refractivity contribution in [2.45, 2.75) is 13.5 Å². The van der Waals surface area contributed by atoms with E-state index in [2.05, 4.69) is 4.99 Å². The topological polar surface area (TPSA) is 85.2 Å². The molecule has 0 aliphatic carbocycles. The molecule has 1 aliphatic heterocycles. The van der Waals surface area contributed by atoms with E-state index in [-0.39, 0.29) is 33.6 Å². The fraction of sp³-hybridized carbons (Fsp3) is 0.107. The van der Waals surface area contributed by atoms with Crippen LogP contribution in [0.4, 0.5) is 0 Å². The predicted octanol–water partition coefficient (Wildman–Crippen LogP) is 7.27. The minimum atomic E-state index is -0.771. The lowest BCUT2D eigenvalue weighted by Crippen LogP contribution is -2.14. The second-order valence-electron chi connectivity index (χ2n) is 7.74. The van der Waals surface area contributed by atoms with Gasteiger partial charge in [0.15, 0.2) is 0 Å². The van der Waals surface area contributed by atoms with Gasteiger partial charge < -0.3 is 14.6 Å². The lowest BCUT2D eigenvalue weighted by molar-refractivity contribution is -0.138. The summed E-state index contributed by atoms with van der Waals surface area (Å²) in [6, 6.07) is 21.1. The van der Waals surface area contributed by atoms with Crippen molar-refractivity contribution in [2.24, 2.45) is 4.99 Å². The van der Waals surface area contributed by atoms with Crippen molar-refractivity contribution >= 4 is 58.0 Å². The Labute approximate surface area is 228 Å². The fourth-order valence-corrected chi connectivity index (χ4v) is 4.69. The lowest BCUT2D eigenvalue weighted by atomic mass is 10.1. The SMILES string of the molecule is CCOC(=O)C1=C(O)/C(=C/c2ccc(OCc3ccc(Cl)cc3)cc2)SC1=NC(=O)c1ccccc1Cl. The molecular formula is C28H21Cl2NO5S. The molecule has 1 aliphatic rings. The summed E-state index contributed by atoms with van der Waals surface area (Å²) >= 11 is 13.0. The van der Waals surface area contributed by atoms with Gasteiger partial charge in [0.2, 0.25) is 0 Å². The first kappa shape index (κ1) is 26.5. The van der Waals surface area contributed by atoms with Gasteiger partial charge in [0.25, 0.3) is 5.91 Å². The summed E-state index contributed by atoms with van der Waals surface area (Å²) in [5, 5.41) is 11.8. The highest BCUT2D eigenvalue weighted by atomic mass is 35.5. The van der Waals surface area contributed by atoms with Crippen LogP contribution < -0.4 is 4.74 Å². The Bertz CT molecular complexity index is 1410. The molecule has 37 heavy (non-hydrogen) atoms. The average molecular weight is 554 g/mol. The molecule has 3 aromatic rings. The van der Waals surface area contributed by atoms with Crippen LogP contribution >= 0.6 is 35.0 Å². The number of amides is 1. The molecule has 1 amide bonds. The van der Waals surface area contributed by atoms with Crippen LogP contribution in [-0.2, 0) is 16.1 Å². The molecule has 4 rings (SSSR count). The average Bonchev–Trinajstić information content (AvgIpc) is 3.19. The third-order valence-electron chi connectivity index (χ3n) is 5.17. The van der Waals surface area contributed by atoms with Crippen molar-refractivity contribution in [3.63, 3.8) is 0 Å². The van der Waals surface area contributed by atoms with Crippen LogP contribution in [0.15, 0.2) is 94.0 Å². The Morgan fingerprint density at radius 3 is 2.38 bits per heavy atom. The quantitative estimate of drug-likeness (QED) is 0.309. The maximum atomic E-state index is 12.8. The third-order valence-corrected chi connectivity index (χ3v) is 6.78. The number of aliphatic hydroxyl groups excluding tert-OH is 1. The number of aliphatic hydroxyl groups is 1. The number of nitrogens with zero attached hydrogens (tertiary/aromatic N) is 1. The number of hydrogen-bond donors (Lipinski definition) is 1. The number of hydrogen-bond acceptors (Lipinski definition) is 6. The Morgan fingerprint density at radius 1 is 1.00 bits per heavy atom. The molecule has 0 fully saturated rings. The maximum Gasteiger partial charge on any atom is 0.344 e. The predicted molar refractivity (Wildman–Crippen MR) is 147 cm³/mol. The van der Waals surface area contributed by atoms with Crippen molar-refractivity contribution in [1.29, 1.82) is 0 Å². The minimum Gasteiger partial charge on any atom is -0.506 e. The first-order valence-corrected chi connectivity index (χ1v) is 12.8. The van der Waals surface area contributed by atoms with E-state index in [9.17, 15) is 14.7 Å². The fourth-order valence-electron chi connectivity index (χ4n) is 3.34. The van der Waals surface area contributed by atoms with Gasteiger partial charge in [0.1, 0.15) is 28.7 Å². The monoisotopic (exact) mass is 553 g/mol. The minimum absolute atomic E-state index is 0.0371. The molecule has 0 atom stereocenters. The van der Waals surface area contributed by atoms with Crippen LogP contribution in [0.5, 0.6) is 5.75 Å². The molecule has 188 valence electrons. The third kappa shape index (κ3) is 6.63. The van der Waals surface area contributed by atoms with Crippen molar-refractivity contribution in [2.75, 3.05) is 6.61 Å². The summed E-state index contributed by atoms with van der Waals surface area (Å²) in [6.45, 7) is 2.14. The first-order chi connectivity index (χ1) is 17.9. The highest BCUT2D eigenvalue weighted by molar-refractivity contribution is 8.18. The number of thioether (sulfide) groups is 1. The second kappa shape index (κ2) is 12.1. The van der Waals surface area contributed by atoms with E-state index >= 15 is 0 Å². The first-order valence-electron chi connectivity index (χ1n) is 11.2. The molecule has 0 saturated heterocycles. The van der Waals surface area contributed by atoms with Gasteiger partial charge in [-0.2, -0.15) is 0 Å². The molecule has 1 heterocycles. The van der Waals surface area contributed by atoms with Crippen molar-refractivity contribution in [3.8, 4) is 5.75 Å². The standard InChI is InChI=1S/C28H21Cl2NO5S/c1-2-35-28(34)24-25(32)23(37-27(24)31-26(33)21-5-3-4-6-22(21)30)15-17-9-13-20(14-10-17)36-16-18-7-11-19(29)12-8-18/h3-15,32H,2,16H2,1H3/b23-15-,31-27?. The van der Waals surface area contributed by atoms with E-state index in [0.29, 0.717) is 22.3 Å². The number of benzene rings is 3. The van der Waals surface area contributed by atoms with E-state index in [4.69, 9.17) is 32.7 Å². The molecule has 0 aromatic heterocycles. The Kier molecular flexibility index (Phi) is 8.71. The smallest absolute Gasteiger partial charge is 0.344 e. The van der Waals surface area contributed by atoms with Gasteiger partial charge in [-0.1, -0.05) is 71.4 Å². The zero-order valence-corrected chi connectivity index (χ0v) is 21.9. The van der Waals surface area contributed by atoms with Gasteiger partial charge in [0, 0.05) is 5.02 Å². The largest absolute Gasteiger partial charge is 0.506 e. The zero-order chi connectivity index (χ0) is 26.4. The second-order valence-corrected chi connectivity index (χ2v) is 9.62. The van der Waals surface area contributed by atoms with E-state index in [1.807, 2.05) is 24.3 Å². The van der Waals surface area contributed by atoms with Crippen LogP contribution in [0.3, 0.4) is 0 Å². The number of aliphatic imine (C=N–C) groups is 1. The Morgan fingerprint density at radius 2 is 1.70 bits per heavy atom. The molecule has 0 radical (unpaired) electrons. The van der Waals surface area contributed by atoms with Crippen LogP contribution in [-0.4, -0.2) is 28.6 Å². The van der Waals surface area contributed by atoms with Gasteiger partial charge in [-0.3, -0.25) is 4.79 Å². The number of carbonyl (C=O) groups is 2. The van der Waals surface area contributed by atoms with Gasteiger partial charge >= 0.3 is 5.97 Å². The van der Waals surface area contributed by atoms with Crippen molar-refractivity contribution in [3.05, 3.63) is 116 Å². The van der Waals surface area contributed by atoms with Gasteiger partial charge in [-0.15, -0.1) is 0 Å². The Balaban J connectivity index is 1.55. The zero-order valence-electron chi connectivity index (χ0n) is 19.6. The summed E-state index contributed by atoms with van der Waals surface area (Å²) in [5.41, 5.74) is 1.75. The van der Waals surface area contributed by atoms with Gasteiger partial charge in [-0.25, -0.2) is 9.79 Å². The van der Waals surface area contributed by atoms with Gasteiger partial charge in [0.05, 0.1) is 22.1 Å². The molecule has 9 heteroatoms. The van der Waals surface area contributed by atoms with E-state index < -0.39 is 11.9 Å². The van der Waals surface area contributed by atoms with E-state index in [1.165, 1.54) is 6.07 Å². The molecular weight excluding hydrogens is 533 g/mol. The molecule has 3 aromatic carbocycles. The van der Waals surface area contributed by atoms with Crippen LogP contribution in [0.1, 0.15) is 28.4 Å².